The Labute approximate surface area is 78.3 Å². The molecule has 1 aliphatic heterocycles. The summed E-state index contributed by atoms with van der Waals surface area (Å²) in [7, 11) is 1.76. The molecule has 0 aromatic rings. The molecule has 1 atom stereocenters. The minimum Gasteiger partial charge on any atom is -0.343 e. The normalized spacial score (nSPS) is 20.9. The molecule has 13 heavy (non-hydrogen) atoms. The van der Waals surface area contributed by atoms with Gasteiger partial charge in [0, 0.05) is 19.8 Å². The van der Waals surface area contributed by atoms with E-state index in [4.69, 9.17) is 10.5 Å². The molecule has 1 unspecified atom stereocenters. The summed E-state index contributed by atoms with van der Waals surface area (Å²) >= 11 is 0. The third kappa shape index (κ3) is 1.57. The molecule has 0 fully saturated rings. The van der Waals surface area contributed by atoms with Gasteiger partial charge in [-0.1, -0.05) is 6.92 Å². The zero-order valence-corrected chi connectivity index (χ0v) is 7.86. The fourth-order valence-corrected chi connectivity index (χ4v) is 1.39. The number of hydrogen-bond acceptors (Lipinski definition) is 4. The van der Waals surface area contributed by atoms with Crippen LogP contribution in [0.15, 0.2) is 11.9 Å². The van der Waals surface area contributed by atoms with Gasteiger partial charge < -0.3 is 9.80 Å². The molecule has 0 amide bonds. The average Bonchev–Trinajstić information content (AvgIpc) is 2.43. The van der Waals surface area contributed by atoms with E-state index in [0.717, 1.165) is 13.0 Å². The minimum absolute atomic E-state index is 0.311. The SMILES string of the molecule is CCCN1C=C(C#N)N(C)C1C#N. The fraction of sp³-hybridized carbons (Fsp3) is 0.556. The molecule has 0 radical (unpaired) electrons. The van der Waals surface area contributed by atoms with E-state index in [2.05, 4.69) is 12.1 Å². The van der Waals surface area contributed by atoms with E-state index in [1.165, 1.54) is 0 Å². The topological polar surface area (TPSA) is 54.1 Å². The third-order valence-corrected chi connectivity index (χ3v) is 2.06. The minimum atomic E-state index is -0.311. The zero-order valence-electron chi connectivity index (χ0n) is 7.86. The van der Waals surface area contributed by atoms with Gasteiger partial charge in [-0.05, 0) is 6.42 Å². The van der Waals surface area contributed by atoms with E-state index in [0.29, 0.717) is 5.70 Å². The van der Waals surface area contributed by atoms with Crippen LogP contribution in [0.25, 0.3) is 0 Å². The highest BCUT2D eigenvalue weighted by Gasteiger charge is 2.28. The maximum absolute atomic E-state index is 8.87. The van der Waals surface area contributed by atoms with Gasteiger partial charge in [0.2, 0.25) is 0 Å². The van der Waals surface area contributed by atoms with Crippen LogP contribution in [-0.4, -0.2) is 29.6 Å². The molecule has 0 spiro atoms. The Morgan fingerprint density at radius 1 is 1.54 bits per heavy atom. The Bertz CT molecular complexity index is 294. The first kappa shape index (κ1) is 9.41. The van der Waals surface area contributed by atoms with E-state index in [1.54, 1.807) is 18.1 Å². The summed E-state index contributed by atoms with van der Waals surface area (Å²) in [4.78, 5) is 3.58. The smallest absolute Gasteiger partial charge is 0.192 e. The van der Waals surface area contributed by atoms with Crippen molar-refractivity contribution in [2.24, 2.45) is 0 Å². The molecule has 0 aromatic carbocycles. The predicted molar refractivity (Wildman–Crippen MR) is 47.9 cm³/mol. The van der Waals surface area contributed by atoms with Crippen molar-refractivity contribution in [3.05, 3.63) is 11.9 Å². The van der Waals surface area contributed by atoms with E-state index < -0.39 is 0 Å². The third-order valence-electron chi connectivity index (χ3n) is 2.06. The fourth-order valence-electron chi connectivity index (χ4n) is 1.39. The summed E-state index contributed by atoms with van der Waals surface area (Å²) in [6, 6.07) is 4.22. The highest BCUT2D eigenvalue weighted by Crippen LogP contribution is 2.19. The summed E-state index contributed by atoms with van der Waals surface area (Å²) in [5, 5.41) is 17.6. The Morgan fingerprint density at radius 2 is 2.23 bits per heavy atom. The Balaban J connectivity index is 2.81. The molecule has 0 aliphatic carbocycles. The lowest BCUT2D eigenvalue weighted by molar-refractivity contribution is 0.226. The molecule has 4 nitrogen and oxygen atoms in total. The van der Waals surface area contributed by atoms with Crippen molar-refractivity contribution in [2.45, 2.75) is 19.5 Å². The molecule has 0 saturated heterocycles. The maximum atomic E-state index is 8.87. The predicted octanol–water partition coefficient (Wildman–Crippen LogP) is 0.858. The van der Waals surface area contributed by atoms with Crippen LogP contribution in [0.5, 0.6) is 0 Å². The number of rotatable bonds is 2. The van der Waals surface area contributed by atoms with Crippen LogP contribution < -0.4 is 0 Å². The molecular formula is C9H12N4. The second-order valence-electron chi connectivity index (χ2n) is 2.98. The van der Waals surface area contributed by atoms with Crippen molar-refractivity contribution in [3.8, 4) is 12.1 Å². The number of allylic oxidation sites excluding steroid dienone is 1. The Kier molecular flexibility index (Phi) is 2.76. The van der Waals surface area contributed by atoms with Gasteiger partial charge in [0.25, 0.3) is 0 Å². The Morgan fingerprint density at radius 3 is 2.69 bits per heavy atom. The van der Waals surface area contributed by atoms with Crippen LogP contribution in [0.3, 0.4) is 0 Å². The average molecular weight is 176 g/mol. The molecule has 1 aliphatic rings. The maximum Gasteiger partial charge on any atom is 0.192 e. The van der Waals surface area contributed by atoms with E-state index in [9.17, 15) is 0 Å². The standard InChI is InChI=1S/C9H12N4/c1-3-4-13-7-8(5-10)12(2)9(13)6-11/h7,9H,3-4H2,1-2H3. The highest BCUT2D eigenvalue weighted by molar-refractivity contribution is 5.26. The molecule has 0 saturated carbocycles. The summed E-state index contributed by atoms with van der Waals surface area (Å²) in [6.45, 7) is 2.86. The van der Waals surface area contributed by atoms with Gasteiger partial charge in [0.05, 0.1) is 0 Å². The first-order chi connectivity index (χ1) is 6.24. The lowest BCUT2D eigenvalue weighted by atomic mass is 10.4. The van der Waals surface area contributed by atoms with Crippen molar-refractivity contribution >= 4 is 0 Å². The lowest BCUT2D eigenvalue weighted by Gasteiger charge is -2.23. The molecule has 1 heterocycles. The van der Waals surface area contributed by atoms with Gasteiger partial charge in [-0.2, -0.15) is 10.5 Å². The van der Waals surface area contributed by atoms with Gasteiger partial charge >= 0.3 is 0 Å². The van der Waals surface area contributed by atoms with Gasteiger partial charge in [0.1, 0.15) is 17.8 Å². The first-order valence-corrected chi connectivity index (χ1v) is 4.24. The van der Waals surface area contributed by atoms with Gasteiger partial charge in [0.15, 0.2) is 6.17 Å². The molecule has 0 bridgehead atoms. The first-order valence-electron chi connectivity index (χ1n) is 4.24. The summed E-state index contributed by atoms with van der Waals surface area (Å²) in [5.41, 5.74) is 0.556. The lowest BCUT2D eigenvalue weighted by Crippen LogP contribution is -2.36. The van der Waals surface area contributed by atoms with E-state index in [1.807, 2.05) is 11.8 Å². The number of nitriles is 2. The second-order valence-corrected chi connectivity index (χ2v) is 2.98. The van der Waals surface area contributed by atoms with E-state index >= 15 is 0 Å². The second kappa shape index (κ2) is 3.82. The molecule has 1 rings (SSSR count). The van der Waals surface area contributed by atoms with Gasteiger partial charge in [-0.25, -0.2) is 0 Å². The quantitative estimate of drug-likeness (QED) is 0.626. The molecule has 68 valence electrons. The van der Waals surface area contributed by atoms with Crippen LogP contribution >= 0.6 is 0 Å². The van der Waals surface area contributed by atoms with Crippen molar-refractivity contribution in [1.29, 1.82) is 10.5 Å². The summed E-state index contributed by atoms with van der Waals surface area (Å²) in [5.74, 6) is 0. The van der Waals surface area contributed by atoms with Gasteiger partial charge in [-0.3, -0.25) is 0 Å². The van der Waals surface area contributed by atoms with Gasteiger partial charge in [-0.15, -0.1) is 0 Å². The largest absolute Gasteiger partial charge is 0.343 e. The van der Waals surface area contributed by atoms with Crippen LogP contribution in [0.2, 0.25) is 0 Å². The monoisotopic (exact) mass is 176 g/mol. The van der Waals surface area contributed by atoms with Crippen molar-refractivity contribution in [3.63, 3.8) is 0 Å². The van der Waals surface area contributed by atoms with Crippen molar-refractivity contribution < 1.29 is 0 Å². The summed E-state index contributed by atoms with van der Waals surface area (Å²) < 4.78 is 0. The number of nitrogens with zero attached hydrogens (tertiary/aromatic N) is 4. The highest BCUT2D eigenvalue weighted by atomic mass is 15.4. The van der Waals surface area contributed by atoms with Crippen LogP contribution in [0.4, 0.5) is 0 Å². The Hall–Kier alpha value is -1.68. The van der Waals surface area contributed by atoms with Crippen LogP contribution in [0.1, 0.15) is 13.3 Å². The van der Waals surface area contributed by atoms with Crippen molar-refractivity contribution in [2.75, 3.05) is 13.6 Å². The van der Waals surface area contributed by atoms with Crippen molar-refractivity contribution in [1.82, 2.24) is 9.80 Å². The zero-order chi connectivity index (χ0) is 9.84. The van der Waals surface area contributed by atoms with Crippen LogP contribution in [-0.2, 0) is 0 Å². The molecular weight excluding hydrogens is 164 g/mol. The summed E-state index contributed by atoms with van der Waals surface area (Å²) in [6.07, 6.45) is 2.41. The molecule has 0 aromatic heterocycles. The number of hydrogen-bond donors (Lipinski definition) is 0. The molecule has 4 heteroatoms. The van der Waals surface area contributed by atoms with Crippen LogP contribution in [0, 0.1) is 22.7 Å². The molecule has 0 N–H and O–H groups in total. The van der Waals surface area contributed by atoms with E-state index in [-0.39, 0.29) is 6.17 Å².